The van der Waals surface area contributed by atoms with E-state index in [4.69, 9.17) is 9.47 Å². The zero-order valence-electron chi connectivity index (χ0n) is 14.1. The molecule has 5 nitrogen and oxygen atoms in total. The summed E-state index contributed by atoms with van der Waals surface area (Å²) >= 11 is 0. The summed E-state index contributed by atoms with van der Waals surface area (Å²) in [6.07, 6.45) is 0. The number of rotatable bonds is 5. The van der Waals surface area contributed by atoms with Gasteiger partial charge in [0.15, 0.2) is 0 Å². The second kappa shape index (κ2) is 7.05. The predicted molar refractivity (Wildman–Crippen MR) is 93.0 cm³/mol. The number of nitrogens with zero attached hydrogens (tertiary/aromatic N) is 1. The maximum absolute atomic E-state index is 12.5. The predicted octanol–water partition coefficient (Wildman–Crippen LogP) is 3.33. The Bertz CT molecular complexity index is 694. The number of hydrogen-bond acceptors (Lipinski definition) is 4. The van der Waals surface area contributed by atoms with Crippen molar-refractivity contribution in [2.24, 2.45) is 0 Å². The Hall–Kier alpha value is -2.69. The largest absolute Gasteiger partial charge is 0.496 e. The Morgan fingerprint density at radius 3 is 2.13 bits per heavy atom. The third kappa shape index (κ3) is 3.74. The standard InChI is InChI=1S/C18H22N2O3/c1-12-10-17(23-5)15(11-16(12)22-4)18(21)19-13-6-8-14(9-7-13)20(2)3/h6-11H,1-5H3,(H,19,21). The summed E-state index contributed by atoms with van der Waals surface area (Å²) in [5, 5.41) is 2.88. The van der Waals surface area contributed by atoms with Crippen molar-refractivity contribution in [2.45, 2.75) is 6.92 Å². The molecule has 122 valence electrons. The maximum Gasteiger partial charge on any atom is 0.259 e. The Morgan fingerprint density at radius 2 is 1.61 bits per heavy atom. The van der Waals surface area contributed by atoms with Gasteiger partial charge in [-0.05, 0) is 48.9 Å². The van der Waals surface area contributed by atoms with Gasteiger partial charge in [-0.15, -0.1) is 0 Å². The summed E-state index contributed by atoms with van der Waals surface area (Å²) in [5.41, 5.74) is 3.14. The molecule has 0 bridgehead atoms. The van der Waals surface area contributed by atoms with Crippen LogP contribution in [0, 0.1) is 6.92 Å². The lowest BCUT2D eigenvalue weighted by molar-refractivity contribution is 0.102. The van der Waals surface area contributed by atoms with Gasteiger partial charge in [-0.2, -0.15) is 0 Å². The van der Waals surface area contributed by atoms with Crippen LogP contribution in [0.25, 0.3) is 0 Å². The molecule has 0 atom stereocenters. The minimum absolute atomic E-state index is 0.238. The van der Waals surface area contributed by atoms with Crippen molar-refractivity contribution in [1.82, 2.24) is 0 Å². The van der Waals surface area contributed by atoms with Crippen molar-refractivity contribution >= 4 is 17.3 Å². The quantitative estimate of drug-likeness (QED) is 0.920. The van der Waals surface area contributed by atoms with Crippen LogP contribution >= 0.6 is 0 Å². The van der Waals surface area contributed by atoms with E-state index in [1.165, 1.54) is 0 Å². The van der Waals surface area contributed by atoms with Gasteiger partial charge in [-0.25, -0.2) is 0 Å². The normalized spacial score (nSPS) is 10.1. The van der Waals surface area contributed by atoms with Crippen molar-refractivity contribution in [3.8, 4) is 11.5 Å². The molecule has 0 spiro atoms. The van der Waals surface area contributed by atoms with E-state index in [0.29, 0.717) is 17.1 Å². The highest BCUT2D eigenvalue weighted by atomic mass is 16.5. The molecule has 23 heavy (non-hydrogen) atoms. The molecule has 0 aliphatic carbocycles. The zero-order valence-corrected chi connectivity index (χ0v) is 14.1. The van der Waals surface area contributed by atoms with Crippen LogP contribution in [-0.4, -0.2) is 34.2 Å². The number of benzene rings is 2. The average molecular weight is 314 g/mol. The number of hydrogen-bond donors (Lipinski definition) is 1. The number of ether oxygens (including phenoxy) is 2. The maximum atomic E-state index is 12.5. The Labute approximate surface area is 136 Å². The molecule has 5 heteroatoms. The van der Waals surface area contributed by atoms with Gasteiger partial charge < -0.3 is 19.7 Å². The first-order valence-corrected chi connectivity index (χ1v) is 7.27. The molecule has 0 unspecified atom stereocenters. The van der Waals surface area contributed by atoms with Gasteiger partial charge in [-0.1, -0.05) is 0 Å². The number of anilines is 2. The Kier molecular flexibility index (Phi) is 5.11. The third-order valence-corrected chi connectivity index (χ3v) is 3.60. The number of carbonyl (C=O) groups is 1. The Balaban J connectivity index is 2.26. The van der Waals surface area contributed by atoms with Crippen molar-refractivity contribution in [3.63, 3.8) is 0 Å². The van der Waals surface area contributed by atoms with Crippen LogP contribution in [-0.2, 0) is 0 Å². The van der Waals surface area contributed by atoms with E-state index >= 15 is 0 Å². The first-order valence-electron chi connectivity index (χ1n) is 7.27. The van der Waals surface area contributed by atoms with Gasteiger partial charge in [0.2, 0.25) is 0 Å². The number of carbonyl (C=O) groups excluding carboxylic acids is 1. The van der Waals surface area contributed by atoms with Gasteiger partial charge in [0.1, 0.15) is 11.5 Å². The van der Waals surface area contributed by atoms with E-state index in [9.17, 15) is 4.79 Å². The summed E-state index contributed by atoms with van der Waals surface area (Å²) in [7, 11) is 7.06. The van der Waals surface area contributed by atoms with E-state index in [-0.39, 0.29) is 5.91 Å². The molecule has 0 fully saturated rings. The van der Waals surface area contributed by atoms with Gasteiger partial charge in [0.05, 0.1) is 19.8 Å². The molecule has 0 saturated heterocycles. The molecular weight excluding hydrogens is 292 g/mol. The van der Waals surface area contributed by atoms with Crippen LogP contribution in [0.1, 0.15) is 15.9 Å². The van der Waals surface area contributed by atoms with Gasteiger partial charge >= 0.3 is 0 Å². The number of methoxy groups -OCH3 is 2. The summed E-state index contributed by atoms with van der Waals surface area (Å²) in [6.45, 7) is 1.91. The van der Waals surface area contributed by atoms with Crippen LogP contribution in [0.2, 0.25) is 0 Å². The second-order valence-electron chi connectivity index (χ2n) is 5.42. The van der Waals surface area contributed by atoms with E-state index in [2.05, 4.69) is 5.32 Å². The monoisotopic (exact) mass is 314 g/mol. The topological polar surface area (TPSA) is 50.8 Å². The highest BCUT2D eigenvalue weighted by Gasteiger charge is 2.16. The molecule has 1 N–H and O–H groups in total. The molecule has 2 rings (SSSR count). The fourth-order valence-electron chi connectivity index (χ4n) is 2.27. The van der Waals surface area contributed by atoms with Gasteiger partial charge in [0, 0.05) is 25.5 Å². The Morgan fingerprint density at radius 1 is 1.00 bits per heavy atom. The smallest absolute Gasteiger partial charge is 0.259 e. The van der Waals surface area contributed by atoms with Crippen LogP contribution in [0.5, 0.6) is 11.5 Å². The zero-order chi connectivity index (χ0) is 17.0. The molecule has 1 amide bonds. The summed E-state index contributed by atoms with van der Waals surface area (Å²) < 4.78 is 10.6. The molecular formula is C18H22N2O3. The van der Waals surface area contributed by atoms with E-state index < -0.39 is 0 Å². The summed E-state index contributed by atoms with van der Waals surface area (Å²) in [5.74, 6) is 0.933. The van der Waals surface area contributed by atoms with Crippen LogP contribution < -0.4 is 19.7 Å². The van der Waals surface area contributed by atoms with Crippen molar-refractivity contribution in [3.05, 3.63) is 47.5 Å². The van der Waals surface area contributed by atoms with Gasteiger partial charge in [-0.3, -0.25) is 4.79 Å². The SMILES string of the molecule is COc1cc(C(=O)Nc2ccc(N(C)C)cc2)c(OC)cc1C. The number of nitrogens with one attached hydrogen (secondary N) is 1. The molecule has 0 aliphatic rings. The van der Waals surface area contributed by atoms with Crippen LogP contribution in [0.15, 0.2) is 36.4 Å². The first-order chi connectivity index (χ1) is 11.0. The lowest BCUT2D eigenvalue weighted by atomic mass is 10.1. The van der Waals surface area contributed by atoms with Crippen LogP contribution in [0.4, 0.5) is 11.4 Å². The van der Waals surface area contributed by atoms with E-state index in [1.54, 1.807) is 26.4 Å². The minimum Gasteiger partial charge on any atom is -0.496 e. The van der Waals surface area contributed by atoms with Crippen molar-refractivity contribution in [2.75, 3.05) is 38.5 Å². The fraction of sp³-hybridized carbons (Fsp3) is 0.278. The van der Waals surface area contributed by atoms with Gasteiger partial charge in [0.25, 0.3) is 5.91 Å². The molecule has 0 aromatic heterocycles. The average Bonchev–Trinajstić information content (AvgIpc) is 2.54. The van der Waals surface area contributed by atoms with Crippen LogP contribution in [0.3, 0.4) is 0 Å². The lowest BCUT2D eigenvalue weighted by Crippen LogP contribution is -2.14. The van der Waals surface area contributed by atoms with Crippen molar-refractivity contribution in [1.29, 1.82) is 0 Å². The molecule has 0 heterocycles. The third-order valence-electron chi connectivity index (χ3n) is 3.60. The molecule has 0 saturated carbocycles. The highest BCUT2D eigenvalue weighted by molar-refractivity contribution is 6.06. The van der Waals surface area contributed by atoms with E-state index in [0.717, 1.165) is 16.9 Å². The minimum atomic E-state index is -0.238. The lowest BCUT2D eigenvalue weighted by Gasteiger charge is -2.15. The molecule has 0 aliphatic heterocycles. The number of aryl methyl sites for hydroxylation is 1. The molecule has 2 aromatic rings. The molecule has 0 radical (unpaired) electrons. The second-order valence-corrected chi connectivity index (χ2v) is 5.42. The van der Waals surface area contributed by atoms with Crippen molar-refractivity contribution < 1.29 is 14.3 Å². The number of amides is 1. The fourth-order valence-corrected chi connectivity index (χ4v) is 2.27. The highest BCUT2D eigenvalue weighted by Crippen LogP contribution is 2.29. The first kappa shape index (κ1) is 16.7. The van der Waals surface area contributed by atoms with E-state index in [1.807, 2.05) is 50.2 Å². The molecule has 2 aromatic carbocycles. The summed E-state index contributed by atoms with van der Waals surface area (Å²) in [6, 6.07) is 11.1. The summed E-state index contributed by atoms with van der Waals surface area (Å²) in [4.78, 5) is 14.5.